The molecule has 3 heterocycles. The molecule has 1 fully saturated rings. The van der Waals surface area contributed by atoms with Gasteiger partial charge in [0.1, 0.15) is 5.76 Å². The summed E-state index contributed by atoms with van der Waals surface area (Å²) in [4.78, 5) is 14.6. The topological polar surface area (TPSA) is 51.5 Å². The molecule has 1 aromatic carbocycles. The lowest BCUT2D eigenvalue weighted by molar-refractivity contribution is -0.130. The molecule has 5 heteroatoms. The van der Waals surface area contributed by atoms with Gasteiger partial charge in [0, 0.05) is 24.6 Å². The van der Waals surface area contributed by atoms with Gasteiger partial charge < -0.3 is 14.5 Å². The van der Waals surface area contributed by atoms with Crippen LogP contribution >= 0.6 is 11.3 Å². The smallest absolute Gasteiger partial charge is 0.230 e. The number of furan rings is 1. The average molecular weight is 381 g/mol. The number of hydrogen-bond donors (Lipinski definition) is 1. The molecule has 1 aliphatic rings. The first kappa shape index (κ1) is 18.0. The van der Waals surface area contributed by atoms with E-state index in [4.69, 9.17) is 9.15 Å². The Morgan fingerprint density at radius 3 is 2.56 bits per heavy atom. The third kappa shape index (κ3) is 3.70. The standard InChI is InChI=1S/C22H23NO3S/c24-21(22(10-13-25-14-11-22)17-6-2-1-3-7-17)23-16-18(19-8-4-12-26-19)20-9-5-15-27-20/h1-9,12,15,18H,10-11,13-14,16H2,(H,23,24)/t18-/m1/s1. The number of benzene rings is 1. The second-order valence-electron chi connectivity index (χ2n) is 6.85. The normalized spacial score (nSPS) is 17.3. The lowest BCUT2D eigenvalue weighted by Gasteiger charge is -2.36. The van der Waals surface area contributed by atoms with Crippen LogP contribution in [0.4, 0.5) is 0 Å². The summed E-state index contributed by atoms with van der Waals surface area (Å²) >= 11 is 1.68. The van der Waals surface area contributed by atoms with Gasteiger partial charge in [-0.1, -0.05) is 36.4 Å². The number of nitrogens with one attached hydrogen (secondary N) is 1. The molecule has 0 bridgehead atoms. The van der Waals surface area contributed by atoms with Crippen LogP contribution in [-0.2, 0) is 14.9 Å². The van der Waals surface area contributed by atoms with E-state index in [0.29, 0.717) is 32.6 Å². The molecule has 1 amide bonds. The number of amides is 1. The van der Waals surface area contributed by atoms with Crippen LogP contribution in [0.1, 0.15) is 35.0 Å². The maximum Gasteiger partial charge on any atom is 0.230 e. The maximum absolute atomic E-state index is 13.4. The maximum atomic E-state index is 13.4. The van der Waals surface area contributed by atoms with E-state index >= 15 is 0 Å². The highest BCUT2D eigenvalue weighted by molar-refractivity contribution is 7.10. The Morgan fingerprint density at radius 1 is 1.07 bits per heavy atom. The van der Waals surface area contributed by atoms with Gasteiger partial charge in [0.25, 0.3) is 0 Å². The van der Waals surface area contributed by atoms with E-state index in [1.165, 1.54) is 4.88 Å². The first-order chi connectivity index (χ1) is 13.3. The predicted octanol–water partition coefficient (Wildman–Crippen LogP) is 4.34. The van der Waals surface area contributed by atoms with Crippen LogP contribution in [0.2, 0.25) is 0 Å². The lowest BCUT2D eigenvalue weighted by atomic mass is 9.73. The molecule has 1 aliphatic heterocycles. The molecule has 0 aliphatic carbocycles. The summed E-state index contributed by atoms with van der Waals surface area (Å²) in [6, 6.07) is 18.1. The van der Waals surface area contributed by atoms with E-state index in [0.717, 1.165) is 11.3 Å². The van der Waals surface area contributed by atoms with Gasteiger partial charge in [-0.3, -0.25) is 4.79 Å². The van der Waals surface area contributed by atoms with Gasteiger partial charge >= 0.3 is 0 Å². The highest BCUT2D eigenvalue weighted by Crippen LogP contribution is 2.36. The fourth-order valence-electron chi connectivity index (χ4n) is 3.81. The summed E-state index contributed by atoms with van der Waals surface area (Å²) in [6.07, 6.45) is 3.09. The number of thiophene rings is 1. The Labute approximate surface area is 163 Å². The molecule has 4 nitrogen and oxygen atoms in total. The molecule has 140 valence electrons. The van der Waals surface area contributed by atoms with Gasteiger partial charge in [-0.2, -0.15) is 0 Å². The highest BCUT2D eigenvalue weighted by atomic mass is 32.1. The van der Waals surface area contributed by atoms with Crippen LogP contribution in [0.15, 0.2) is 70.7 Å². The Balaban J connectivity index is 1.56. The van der Waals surface area contributed by atoms with Crippen molar-refractivity contribution in [3.05, 3.63) is 82.4 Å². The van der Waals surface area contributed by atoms with Crippen LogP contribution < -0.4 is 5.32 Å². The molecular weight excluding hydrogens is 358 g/mol. The monoisotopic (exact) mass is 381 g/mol. The van der Waals surface area contributed by atoms with Crippen LogP contribution in [0, 0.1) is 0 Å². The fourth-order valence-corrected chi connectivity index (χ4v) is 4.64. The third-order valence-corrected chi connectivity index (χ3v) is 6.33. The molecule has 27 heavy (non-hydrogen) atoms. The van der Waals surface area contributed by atoms with E-state index in [2.05, 4.69) is 16.8 Å². The number of rotatable bonds is 6. The molecule has 4 rings (SSSR count). The molecule has 3 aromatic rings. The molecule has 0 spiro atoms. The van der Waals surface area contributed by atoms with Crippen molar-refractivity contribution in [2.75, 3.05) is 19.8 Å². The van der Waals surface area contributed by atoms with Crippen molar-refractivity contribution in [3.8, 4) is 0 Å². The second-order valence-corrected chi connectivity index (χ2v) is 7.83. The van der Waals surface area contributed by atoms with Crippen LogP contribution in [-0.4, -0.2) is 25.7 Å². The first-order valence-electron chi connectivity index (χ1n) is 9.28. The molecule has 0 radical (unpaired) electrons. The van der Waals surface area contributed by atoms with Crippen molar-refractivity contribution in [2.24, 2.45) is 0 Å². The molecule has 1 saturated heterocycles. The molecule has 0 unspecified atom stereocenters. The van der Waals surface area contributed by atoms with Crippen LogP contribution in [0.3, 0.4) is 0 Å². The van der Waals surface area contributed by atoms with E-state index in [1.807, 2.05) is 48.5 Å². The number of hydrogen-bond acceptors (Lipinski definition) is 4. The highest BCUT2D eigenvalue weighted by Gasteiger charge is 2.41. The van der Waals surface area contributed by atoms with Gasteiger partial charge in [-0.05, 0) is 42.0 Å². The molecular formula is C22H23NO3S. The summed E-state index contributed by atoms with van der Waals surface area (Å²) in [6.45, 7) is 1.73. The first-order valence-corrected chi connectivity index (χ1v) is 10.2. The zero-order chi connectivity index (χ0) is 18.5. The molecule has 1 atom stereocenters. The quantitative estimate of drug-likeness (QED) is 0.691. The summed E-state index contributed by atoms with van der Waals surface area (Å²) in [5.41, 5.74) is 0.541. The predicted molar refractivity (Wildman–Crippen MR) is 106 cm³/mol. The SMILES string of the molecule is O=C(NC[C@H](c1ccco1)c1cccs1)C1(c2ccccc2)CCOCC1. The largest absolute Gasteiger partial charge is 0.469 e. The minimum atomic E-state index is -0.525. The van der Waals surface area contributed by atoms with E-state index < -0.39 is 5.41 Å². The van der Waals surface area contributed by atoms with Crippen molar-refractivity contribution in [1.82, 2.24) is 5.32 Å². The minimum absolute atomic E-state index is 0.0246. The van der Waals surface area contributed by atoms with Gasteiger partial charge in [0.05, 0.1) is 17.6 Å². The fraction of sp³-hybridized carbons (Fsp3) is 0.318. The second kappa shape index (κ2) is 8.11. The average Bonchev–Trinajstić information content (AvgIpc) is 3.44. The number of carbonyl (C=O) groups excluding carboxylic acids is 1. The van der Waals surface area contributed by atoms with Crippen molar-refractivity contribution < 1.29 is 13.9 Å². The van der Waals surface area contributed by atoms with Gasteiger partial charge in [0.15, 0.2) is 0 Å². The Bertz CT molecular complexity index is 803. The van der Waals surface area contributed by atoms with Crippen molar-refractivity contribution in [1.29, 1.82) is 0 Å². The van der Waals surface area contributed by atoms with Crippen LogP contribution in [0.5, 0.6) is 0 Å². The Morgan fingerprint density at radius 2 is 1.89 bits per heavy atom. The summed E-state index contributed by atoms with van der Waals surface area (Å²) in [5.74, 6) is 0.972. The van der Waals surface area contributed by atoms with Gasteiger partial charge in [-0.25, -0.2) is 0 Å². The third-order valence-electron chi connectivity index (χ3n) is 5.35. The zero-order valence-electron chi connectivity index (χ0n) is 15.1. The van der Waals surface area contributed by atoms with E-state index in [-0.39, 0.29) is 11.8 Å². The number of ether oxygens (including phenoxy) is 1. The summed E-state index contributed by atoms with van der Waals surface area (Å²) in [5, 5.41) is 5.27. The lowest BCUT2D eigenvalue weighted by Crippen LogP contribution is -2.48. The van der Waals surface area contributed by atoms with Crippen molar-refractivity contribution in [3.63, 3.8) is 0 Å². The van der Waals surface area contributed by atoms with E-state index in [9.17, 15) is 4.79 Å². The summed E-state index contributed by atoms with van der Waals surface area (Å²) in [7, 11) is 0. The molecule has 2 aromatic heterocycles. The zero-order valence-corrected chi connectivity index (χ0v) is 15.9. The Kier molecular flexibility index (Phi) is 5.41. The van der Waals surface area contributed by atoms with Gasteiger partial charge in [0.2, 0.25) is 5.91 Å². The van der Waals surface area contributed by atoms with Gasteiger partial charge in [-0.15, -0.1) is 11.3 Å². The summed E-state index contributed by atoms with van der Waals surface area (Å²) < 4.78 is 11.2. The Hall–Kier alpha value is -2.37. The van der Waals surface area contributed by atoms with Crippen molar-refractivity contribution >= 4 is 17.2 Å². The van der Waals surface area contributed by atoms with E-state index in [1.54, 1.807) is 17.6 Å². The molecule has 1 N–H and O–H groups in total. The minimum Gasteiger partial charge on any atom is -0.469 e. The molecule has 0 saturated carbocycles. The van der Waals surface area contributed by atoms with Crippen LogP contribution in [0.25, 0.3) is 0 Å². The number of carbonyl (C=O) groups is 1. The van der Waals surface area contributed by atoms with Crippen molar-refractivity contribution in [2.45, 2.75) is 24.2 Å².